The summed E-state index contributed by atoms with van der Waals surface area (Å²) in [6.07, 6.45) is 6.29. The second-order valence-corrected chi connectivity index (χ2v) is 4.67. The maximum absolute atomic E-state index is 5.80. The second kappa shape index (κ2) is 4.34. The van der Waals surface area contributed by atoms with E-state index < -0.39 is 0 Å². The lowest BCUT2D eigenvalue weighted by Gasteiger charge is -2.00. The van der Waals surface area contributed by atoms with Crippen molar-refractivity contribution in [3.8, 4) is 11.3 Å². The van der Waals surface area contributed by atoms with Crippen molar-refractivity contribution in [2.75, 3.05) is 0 Å². The standard InChI is InChI=1S/C14H16N2O/c1-10-6-11(8-15-7-10)14-5-4-13(17-14)9-16-12-2-3-12/h4-8,12,16H,2-3,9H2,1H3. The van der Waals surface area contributed by atoms with Gasteiger partial charge in [0.15, 0.2) is 0 Å². The molecule has 2 aromatic rings. The van der Waals surface area contributed by atoms with Gasteiger partial charge in [0.1, 0.15) is 11.5 Å². The summed E-state index contributed by atoms with van der Waals surface area (Å²) in [5.41, 5.74) is 2.19. The molecule has 0 amide bonds. The predicted molar refractivity (Wildman–Crippen MR) is 66.5 cm³/mol. The third-order valence-electron chi connectivity index (χ3n) is 2.96. The van der Waals surface area contributed by atoms with Gasteiger partial charge in [-0.05, 0) is 43.5 Å². The Labute approximate surface area is 101 Å². The average Bonchev–Trinajstić information content (AvgIpc) is 3.04. The molecule has 88 valence electrons. The Hall–Kier alpha value is -1.61. The van der Waals surface area contributed by atoms with Gasteiger partial charge < -0.3 is 9.73 Å². The molecule has 2 heterocycles. The third kappa shape index (κ3) is 2.56. The van der Waals surface area contributed by atoms with E-state index in [4.69, 9.17) is 4.42 Å². The molecule has 1 aliphatic carbocycles. The molecule has 0 aliphatic heterocycles. The molecule has 1 saturated carbocycles. The average molecular weight is 228 g/mol. The number of hydrogen-bond acceptors (Lipinski definition) is 3. The fourth-order valence-electron chi connectivity index (χ4n) is 1.85. The Morgan fingerprint density at radius 2 is 2.24 bits per heavy atom. The molecule has 3 heteroatoms. The first-order valence-corrected chi connectivity index (χ1v) is 6.05. The lowest BCUT2D eigenvalue weighted by atomic mass is 10.2. The highest BCUT2D eigenvalue weighted by Gasteiger charge is 2.20. The number of rotatable bonds is 4. The lowest BCUT2D eigenvalue weighted by molar-refractivity contribution is 0.492. The molecule has 0 aromatic carbocycles. The van der Waals surface area contributed by atoms with Gasteiger partial charge >= 0.3 is 0 Å². The van der Waals surface area contributed by atoms with Gasteiger partial charge in [-0.3, -0.25) is 4.98 Å². The quantitative estimate of drug-likeness (QED) is 0.874. The highest BCUT2D eigenvalue weighted by molar-refractivity contribution is 5.56. The zero-order chi connectivity index (χ0) is 11.7. The molecule has 0 atom stereocenters. The van der Waals surface area contributed by atoms with Crippen molar-refractivity contribution in [2.45, 2.75) is 32.4 Å². The van der Waals surface area contributed by atoms with Gasteiger partial charge in [0.2, 0.25) is 0 Å². The molecule has 0 bridgehead atoms. The first-order valence-electron chi connectivity index (χ1n) is 6.05. The summed E-state index contributed by atoms with van der Waals surface area (Å²) < 4.78 is 5.80. The number of hydrogen-bond donors (Lipinski definition) is 1. The Morgan fingerprint density at radius 3 is 3.00 bits per heavy atom. The van der Waals surface area contributed by atoms with Crippen LogP contribution in [0.5, 0.6) is 0 Å². The summed E-state index contributed by atoms with van der Waals surface area (Å²) in [7, 11) is 0. The molecular formula is C14H16N2O. The van der Waals surface area contributed by atoms with E-state index in [1.165, 1.54) is 12.8 Å². The van der Waals surface area contributed by atoms with Crippen LogP contribution in [0, 0.1) is 6.92 Å². The van der Waals surface area contributed by atoms with Crippen LogP contribution in [0.3, 0.4) is 0 Å². The monoisotopic (exact) mass is 228 g/mol. The van der Waals surface area contributed by atoms with Crippen LogP contribution in [0.25, 0.3) is 11.3 Å². The molecule has 1 N–H and O–H groups in total. The molecule has 0 unspecified atom stereocenters. The minimum absolute atomic E-state index is 0.712. The van der Waals surface area contributed by atoms with Crippen LogP contribution in [-0.4, -0.2) is 11.0 Å². The molecule has 17 heavy (non-hydrogen) atoms. The van der Waals surface area contributed by atoms with Gasteiger partial charge in [-0.2, -0.15) is 0 Å². The van der Waals surface area contributed by atoms with E-state index in [9.17, 15) is 0 Å². The first-order chi connectivity index (χ1) is 8.31. The van der Waals surface area contributed by atoms with Crippen LogP contribution in [0.15, 0.2) is 35.0 Å². The summed E-state index contributed by atoms with van der Waals surface area (Å²) in [6.45, 7) is 2.86. The summed E-state index contributed by atoms with van der Waals surface area (Å²) in [5, 5.41) is 3.44. The van der Waals surface area contributed by atoms with Crippen molar-refractivity contribution in [1.29, 1.82) is 0 Å². The van der Waals surface area contributed by atoms with Crippen LogP contribution in [-0.2, 0) is 6.54 Å². The predicted octanol–water partition coefficient (Wildman–Crippen LogP) is 2.90. The fourth-order valence-corrected chi connectivity index (χ4v) is 1.85. The van der Waals surface area contributed by atoms with E-state index in [2.05, 4.69) is 16.4 Å². The van der Waals surface area contributed by atoms with Gasteiger partial charge in [0.05, 0.1) is 6.54 Å². The number of nitrogens with one attached hydrogen (secondary N) is 1. The topological polar surface area (TPSA) is 38.1 Å². The Bertz CT molecular complexity index is 514. The van der Waals surface area contributed by atoms with Crippen molar-refractivity contribution in [3.05, 3.63) is 41.9 Å². The van der Waals surface area contributed by atoms with E-state index in [-0.39, 0.29) is 0 Å². The third-order valence-corrected chi connectivity index (χ3v) is 2.96. The highest BCUT2D eigenvalue weighted by Crippen LogP contribution is 2.23. The van der Waals surface area contributed by atoms with E-state index in [1.807, 2.05) is 31.5 Å². The van der Waals surface area contributed by atoms with Crippen LogP contribution in [0.2, 0.25) is 0 Å². The molecule has 3 rings (SSSR count). The van der Waals surface area contributed by atoms with Crippen molar-refractivity contribution < 1.29 is 4.42 Å². The summed E-state index contributed by atoms with van der Waals surface area (Å²) in [4.78, 5) is 4.18. The van der Waals surface area contributed by atoms with Crippen molar-refractivity contribution in [1.82, 2.24) is 10.3 Å². The van der Waals surface area contributed by atoms with Crippen molar-refractivity contribution >= 4 is 0 Å². The van der Waals surface area contributed by atoms with Crippen LogP contribution < -0.4 is 5.32 Å². The van der Waals surface area contributed by atoms with Crippen LogP contribution in [0.1, 0.15) is 24.2 Å². The minimum atomic E-state index is 0.712. The van der Waals surface area contributed by atoms with Crippen molar-refractivity contribution in [2.24, 2.45) is 0 Å². The van der Waals surface area contributed by atoms with Gasteiger partial charge in [0.25, 0.3) is 0 Å². The number of aromatic nitrogens is 1. The smallest absolute Gasteiger partial charge is 0.135 e. The Morgan fingerprint density at radius 1 is 1.35 bits per heavy atom. The molecule has 2 aromatic heterocycles. The van der Waals surface area contributed by atoms with Gasteiger partial charge in [-0.25, -0.2) is 0 Å². The summed E-state index contributed by atoms with van der Waals surface area (Å²) in [5.74, 6) is 1.89. The molecule has 0 saturated heterocycles. The molecule has 0 radical (unpaired) electrons. The number of aryl methyl sites for hydroxylation is 1. The van der Waals surface area contributed by atoms with E-state index in [1.54, 1.807) is 0 Å². The van der Waals surface area contributed by atoms with Gasteiger partial charge in [0, 0.05) is 24.0 Å². The molecule has 1 fully saturated rings. The normalized spacial score (nSPS) is 15.1. The maximum atomic E-state index is 5.80. The number of furan rings is 1. The largest absolute Gasteiger partial charge is 0.460 e. The molecular weight excluding hydrogens is 212 g/mol. The maximum Gasteiger partial charge on any atom is 0.135 e. The van der Waals surface area contributed by atoms with Gasteiger partial charge in [-0.15, -0.1) is 0 Å². The van der Waals surface area contributed by atoms with Crippen LogP contribution >= 0.6 is 0 Å². The summed E-state index contributed by atoms with van der Waals surface area (Å²) in [6, 6.07) is 6.85. The first kappa shape index (κ1) is 10.5. The Kier molecular flexibility index (Phi) is 2.69. The summed E-state index contributed by atoms with van der Waals surface area (Å²) >= 11 is 0. The number of pyridine rings is 1. The lowest BCUT2D eigenvalue weighted by Crippen LogP contribution is -2.14. The highest BCUT2D eigenvalue weighted by atomic mass is 16.3. The minimum Gasteiger partial charge on any atom is -0.460 e. The molecule has 0 spiro atoms. The molecule has 3 nitrogen and oxygen atoms in total. The van der Waals surface area contributed by atoms with Gasteiger partial charge in [-0.1, -0.05) is 0 Å². The Balaban J connectivity index is 1.74. The van der Waals surface area contributed by atoms with Crippen molar-refractivity contribution in [3.63, 3.8) is 0 Å². The fraction of sp³-hybridized carbons (Fsp3) is 0.357. The SMILES string of the molecule is Cc1cncc(-c2ccc(CNC3CC3)o2)c1. The zero-order valence-corrected chi connectivity index (χ0v) is 9.94. The van der Waals surface area contributed by atoms with Crippen LogP contribution in [0.4, 0.5) is 0 Å². The zero-order valence-electron chi connectivity index (χ0n) is 9.94. The van der Waals surface area contributed by atoms with E-state index in [0.29, 0.717) is 6.04 Å². The van der Waals surface area contributed by atoms with E-state index >= 15 is 0 Å². The second-order valence-electron chi connectivity index (χ2n) is 4.67. The van der Waals surface area contributed by atoms with E-state index in [0.717, 1.165) is 29.2 Å². The number of nitrogens with zero attached hydrogens (tertiary/aromatic N) is 1. The molecule has 1 aliphatic rings.